The van der Waals surface area contributed by atoms with E-state index in [0.717, 1.165) is 23.6 Å². The van der Waals surface area contributed by atoms with Crippen LogP contribution in [0.3, 0.4) is 0 Å². The fourth-order valence-electron chi connectivity index (χ4n) is 2.93. The summed E-state index contributed by atoms with van der Waals surface area (Å²) in [6, 6.07) is 5.76. The van der Waals surface area contributed by atoms with Gasteiger partial charge in [0, 0.05) is 31.9 Å². The fourth-order valence-corrected chi connectivity index (χ4v) is 2.93. The van der Waals surface area contributed by atoms with Crippen LogP contribution >= 0.6 is 0 Å². The minimum atomic E-state index is -0.517. The van der Waals surface area contributed by atoms with Crippen molar-refractivity contribution < 1.29 is 18.8 Å². The second kappa shape index (κ2) is 6.86. The maximum atomic E-state index is 13.0. The summed E-state index contributed by atoms with van der Waals surface area (Å²) in [5, 5.41) is 2.40. The Morgan fingerprint density at radius 3 is 2.50 bits per heavy atom. The van der Waals surface area contributed by atoms with Gasteiger partial charge in [-0.15, -0.1) is 0 Å². The molecule has 0 bridgehead atoms. The highest BCUT2D eigenvalue weighted by Gasteiger charge is 2.32. The molecule has 0 aliphatic carbocycles. The molecule has 2 fully saturated rings. The zero-order valence-electron chi connectivity index (χ0n) is 13.2. The van der Waals surface area contributed by atoms with E-state index in [2.05, 4.69) is 10.2 Å². The van der Waals surface area contributed by atoms with E-state index in [0.29, 0.717) is 19.6 Å². The third-order valence-corrected chi connectivity index (χ3v) is 4.27. The number of carbonyl (C=O) groups excluding carboxylic acids is 3. The van der Waals surface area contributed by atoms with Crippen molar-refractivity contribution >= 4 is 23.5 Å². The molecule has 4 amide bonds. The molecule has 0 unspecified atom stereocenters. The lowest BCUT2D eigenvalue weighted by atomic mass is 10.2. The Hall–Kier alpha value is -2.64. The first-order valence-electron chi connectivity index (χ1n) is 7.91. The minimum absolute atomic E-state index is 0.0511. The van der Waals surface area contributed by atoms with Gasteiger partial charge in [-0.2, -0.15) is 0 Å². The van der Waals surface area contributed by atoms with Gasteiger partial charge in [0.05, 0.1) is 6.54 Å². The molecule has 0 atom stereocenters. The molecule has 0 saturated carbocycles. The number of urea groups is 1. The van der Waals surface area contributed by atoms with Gasteiger partial charge in [-0.3, -0.25) is 14.5 Å². The number of hydrogen-bond donors (Lipinski definition) is 1. The monoisotopic (exact) mass is 334 g/mol. The molecule has 3 rings (SSSR count). The van der Waals surface area contributed by atoms with E-state index in [1.54, 1.807) is 17.0 Å². The Kier molecular flexibility index (Phi) is 4.64. The van der Waals surface area contributed by atoms with Crippen LogP contribution in [0, 0.1) is 5.82 Å². The molecule has 128 valence electrons. The van der Waals surface area contributed by atoms with Crippen molar-refractivity contribution in [3.63, 3.8) is 0 Å². The quantitative estimate of drug-likeness (QED) is 0.813. The highest BCUT2D eigenvalue weighted by molar-refractivity contribution is 6.04. The topological polar surface area (TPSA) is 73.0 Å². The number of amides is 4. The third kappa shape index (κ3) is 3.47. The molecule has 7 nitrogen and oxygen atoms in total. The van der Waals surface area contributed by atoms with Crippen molar-refractivity contribution in [2.45, 2.75) is 6.42 Å². The first kappa shape index (κ1) is 16.2. The van der Waals surface area contributed by atoms with Crippen molar-refractivity contribution in [2.75, 3.05) is 44.2 Å². The van der Waals surface area contributed by atoms with E-state index >= 15 is 0 Å². The van der Waals surface area contributed by atoms with Crippen LogP contribution in [0.4, 0.5) is 14.9 Å². The molecule has 1 aromatic rings. The zero-order chi connectivity index (χ0) is 17.1. The molecule has 0 spiro atoms. The molecule has 2 aliphatic rings. The molecule has 2 saturated heterocycles. The van der Waals surface area contributed by atoms with Crippen LogP contribution in [-0.4, -0.2) is 66.9 Å². The van der Waals surface area contributed by atoms with Crippen LogP contribution < -0.4 is 10.2 Å². The van der Waals surface area contributed by atoms with E-state index < -0.39 is 6.03 Å². The average Bonchev–Trinajstić information content (AvgIpc) is 2.79. The SMILES string of the molecule is O=C(CN1C(=O)CNC1=O)N1CCCN(c2ccc(F)cc2)CC1. The average molecular weight is 334 g/mol. The minimum Gasteiger partial charge on any atom is -0.370 e. The summed E-state index contributed by atoms with van der Waals surface area (Å²) in [4.78, 5) is 40.2. The van der Waals surface area contributed by atoms with Crippen molar-refractivity contribution in [3.05, 3.63) is 30.1 Å². The lowest BCUT2D eigenvalue weighted by molar-refractivity contribution is -0.136. The number of carbonyl (C=O) groups is 3. The first-order chi connectivity index (χ1) is 11.5. The summed E-state index contributed by atoms with van der Waals surface area (Å²) < 4.78 is 13.0. The van der Waals surface area contributed by atoms with E-state index in [4.69, 9.17) is 0 Å². The highest BCUT2D eigenvalue weighted by Crippen LogP contribution is 2.17. The largest absolute Gasteiger partial charge is 0.370 e. The van der Waals surface area contributed by atoms with Crippen LogP contribution in [-0.2, 0) is 9.59 Å². The summed E-state index contributed by atoms with van der Waals surface area (Å²) in [7, 11) is 0. The van der Waals surface area contributed by atoms with Gasteiger partial charge >= 0.3 is 6.03 Å². The normalized spacial score (nSPS) is 18.6. The lowest BCUT2D eigenvalue weighted by Crippen LogP contribution is -2.44. The Labute approximate surface area is 139 Å². The summed E-state index contributed by atoms with van der Waals surface area (Å²) >= 11 is 0. The van der Waals surface area contributed by atoms with Gasteiger partial charge in [-0.1, -0.05) is 0 Å². The van der Waals surface area contributed by atoms with Crippen LogP contribution in [0.25, 0.3) is 0 Å². The number of rotatable bonds is 3. The summed E-state index contributed by atoms with van der Waals surface area (Å²) in [5.74, 6) is -0.892. The van der Waals surface area contributed by atoms with E-state index in [-0.39, 0.29) is 30.7 Å². The third-order valence-electron chi connectivity index (χ3n) is 4.27. The number of nitrogens with zero attached hydrogens (tertiary/aromatic N) is 3. The van der Waals surface area contributed by atoms with Crippen molar-refractivity contribution in [1.29, 1.82) is 0 Å². The Balaban J connectivity index is 1.58. The number of benzene rings is 1. The maximum absolute atomic E-state index is 13.0. The maximum Gasteiger partial charge on any atom is 0.325 e. The zero-order valence-corrected chi connectivity index (χ0v) is 13.2. The molecule has 0 radical (unpaired) electrons. The predicted octanol–water partition coefficient (Wildman–Crippen LogP) is 0.416. The van der Waals surface area contributed by atoms with Crippen LogP contribution in [0.5, 0.6) is 0 Å². The second-order valence-corrected chi connectivity index (χ2v) is 5.84. The first-order valence-corrected chi connectivity index (χ1v) is 7.91. The van der Waals surface area contributed by atoms with Crippen molar-refractivity contribution in [1.82, 2.24) is 15.1 Å². The molecule has 2 aliphatic heterocycles. The standard InChI is InChI=1S/C16H19FN4O3/c17-12-2-4-13(5-3-12)19-6-1-7-20(9-8-19)15(23)11-21-14(22)10-18-16(21)24/h2-5H,1,6-11H2,(H,18,24). The number of hydrogen-bond acceptors (Lipinski definition) is 4. The summed E-state index contributed by atoms with van der Waals surface area (Å²) in [6.07, 6.45) is 0.767. The number of imide groups is 1. The molecule has 8 heteroatoms. The van der Waals surface area contributed by atoms with Gasteiger partial charge in [0.25, 0.3) is 5.91 Å². The molecule has 1 N–H and O–H groups in total. The van der Waals surface area contributed by atoms with Gasteiger partial charge in [0.1, 0.15) is 12.4 Å². The smallest absolute Gasteiger partial charge is 0.325 e. The molecule has 2 heterocycles. The van der Waals surface area contributed by atoms with Crippen LogP contribution in [0.15, 0.2) is 24.3 Å². The molecular formula is C16H19FN4O3. The lowest BCUT2D eigenvalue weighted by Gasteiger charge is -2.24. The Bertz CT molecular complexity index is 633. The summed E-state index contributed by atoms with van der Waals surface area (Å²) in [6.45, 7) is 2.18. The fraction of sp³-hybridized carbons (Fsp3) is 0.438. The van der Waals surface area contributed by atoms with Crippen molar-refractivity contribution in [2.24, 2.45) is 0 Å². The van der Waals surface area contributed by atoms with Gasteiger partial charge in [-0.25, -0.2) is 9.18 Å². The molecule has 24 heavy (non-hydrogen) atoms. The van der Waals surface area contributed by atoms with Crippen molar-refractivity contribution in [3.8, 4) is 0 Å². The van der Waals surface area contributed by atoms with Crippen LogP contribution in [0.2, 0.25) is 0 Å². The summed E-state index contributed by atoms with van der Waals surface area (Å²) in [5.41, 5.74) is 0.916. The number of nitrogens with one attached hydrogen (secondary N) is 1. The number of halogens is 1. The molecular weight excluding hydrogens is 315 g/mol. The Morgan fingerprint density at radius 1 is 1.08 bits per heavy atom. The van der Waals surface area contributed by atoms with E-state index in [1.807, 2.05) is 0 Å². The van der Waals surface area contributed by atoms with Gasteiger partial charge in [0.15, 0.2) is 0 Å². The Morgan fingerprint density at radius 2 is 1.83 bits per heavy atom. The van der Waals surface area contributed by atoms with Gasteiger partial charge in [0.2, 0.25) is 5.91 Å². The molecule has 1 aromatic carbocycles. The van der Waals surface area contributed by atoms with E-state index in [9.17, 15) is 18.8 Å². The van der Waals surface area contributed by atoms with E-state index in [1.165, 1.54) is 12.1 Å². The van der Waals surface area contributed by atoms with Gasteiger partial charge < -0.3 is 15.1 Å². The van der Waals surface area contributed by atoms with Gasteiger partial charge in [-0.05, 0) is 30.7 Å². The highest BCUT2D eigenvalue weighted by atomic mass is 19.1. The predicted molar refractivity (Wildman–Crippen MR) is 84.9 cm³/mol. The second-order valence-electron chi connectivity index (χ2n) is 5.84. The number of anilines is 1. The van der Waals surface area contributed by atoms with Crippen LogP contribution in [0.1, 0.15) is 6.42 Å². The molecule has 0 aromatic heterocycles.